The monoisotopic (exact) mass is 239 g/mol. The van der Waals surface area contributed by atoms with Crippen molar-refractivity contribution >= 4 is 11.8 Å². The summed E-state index contributed by atoms with van der Waals surface area (Å²) in [5, 5.41) is 0. The summed E-state index contributed by atoms with van der Waals surface area (Å²) in [6.07, 6.45) is 2.99. The Morgan fingerprint density at radius 2 is 2.06 bits per heavy atom. The van der Waals surface area contributed by atoms with Gasteiger partial charge in [0.25, 0.3) is 0 Å². The molecule has 4 heteroatoms. The molecule has 1 unspecified atom stereocenters. The Balaban J connectivity index is 2.20. The predicted octanol–water partition coefficient (Wildman–Crippen LogP) is 2.21. The summed E-state index contributed by atoms with van der Waals surface area (Å²) >= 11 is 1.75. The molecule has 1 heterocycles. The van der Waals surface area contributed by atoms with Gasteiger partial charge in [-0.2, -0.15) is 11.8 Å². The fourth-order valence-corrected chi connectivity index (χ4v) is 2.24. The van der Waals surface area contributed by atoms with Crippen molar-refractivity contribution < 1.29 is 9.47 Å². The molecule has 0 fully saturated rings. The maximum absolute atomic E-state index is 6.06. The topological polar surface area (TPSA) is 44.5 Å². The van der Waals surface area contributed by atoms with Gasteiger partial charge < -0.3 is 15.2 Å². The molecule has 16 heavy (non-hydrogen) atoms. The number of rotatable bonds is 3. The first-order chi connectivity index (χ1) is 7.81. The number of hydrogen-bond donors (Lipinski definition) is 1. The standard InChI is InChI=1S/C12H17NO2S/c1-16-8-10(13)9-3-4-11-12(7-9)15-6-2-5-14-11/h3-4,7,10H,2,5-6,8,13H2,1H3. The van der Waals surface area contributed by atoms with E-state index >= 15 is 0 Å². The van der Waals surface area contributed by atoms with Crippen molar-refractivity contribution in [2.24, 2.45) is 5.73 Å². The second-order valence-corrected chi connectivity index (χ2v) is 4.73. The van der Waals surface area contributed by atoms with Gasteiger partial charge in [0.05, 0.1) is 13.2 Å². The van der Waals surface area contributed by atoms with E-state index in [0.717, 1.165) is 35.8 Å². The SMILES string of the molecule is CSCC(N)c1ccc2c(c1)OCCCO2. The first kappa shape index (κ1) is 11.6. The van der Waals surface area contributed by atoms with Crippen molar-refractivity contribution in [1.29, 1.82) is 0 Å². The van der Waals surface area contributed by atoms with Crippen LogP contribution >= 0.6 is 11.8 Å². The molecule has 1 aliphatic rings. The average molecular weight is 239 g/mol. The van der Waals surface area contributed by atoms with Gasteiger partial charge in [0.15, 0.2) is 11.5 Å². The number of ether oxygens (including phenoxy) is 2. The van der Waals surface area contributed by atoms with Gasteiger partial charge >= 0.3 is 0 Å². The molecule has 0 saturated carbocycles. The van der Waals surface area contributed by atoms with E-state index in [2.05, 4.69) is 6.26 Å². The maximum atomic E-state index is 6.06. The first-order valence-corrected chi connectivity index (χ1v) is 6.84. The summed E-state index contributed by atoms with van der Waals surface area (Å²) in [4.78, 5) is 0. The summed E-state index contributed by atoms with van der Waals surface area (Å²) in [5.74, 6) is 2.57. The summed E-state index contributed by atoms with van der Waals surface area (Å²) in [7, 11) is 0. The third kappa shape index (κ3) is 2.62. The summed E-state index contributed by atoms with van der Waals surface area (Å²) in [5.41, 5.74) is 7.17. The van der Waals surface area contributed by atoms with Gasteiger partial charge in [0, 0.05) is 18.2 Å². The maximum Gasteiger partial charge on any atom is 0.161 e. The highest BCUT2D eigenvalue weighted by atomic mass is 32.2. The molecule has 3 nitrogen and oxygen atoms in total. The summed E-state index contributed by atoms with van der Waals surface area (Å²) in [6.45, 7) is 1.44. The molecule has 0 bridgehead atoms. The van der Waals surface area contributed by atoms with Crippen LogP contribution in [0.5, 0.6) is 11.5 Å². The lowest BCUT2D eigenvalue weighted by Crippen LogP contribution is -2.12. The van der Waals surface area contributed by atoms with E-state index in [0.29, 0.717) is 6.61 Å². The van der Waals surface area contributed by atoms with Gasteiger partial charge in [-0.25, -0.2) is 0 Å². The van der Waals surface area contributed by atoms with Crippen LogP contribution in [0.25, 0.3) is 0 Å². The van der Waals surface area contributed by atoms with E-state index in [4.69, 9.17) is 15.2 Å². The minimum atomic E-state index is 0.0622. The molecule has 1 atom stereocenters. The van der Waals surface area contributed by atoms with Gasteiger partial charge in [0.1, 0.15) is 0 Å². The van der Waals surface area contributed by atoms with E-state index in [-0.39, 0.29) is 6.04 Å². The van der Waals surface area contributed by atoms with E-state index in [9.17, 15) is 0 Å². The van der Waals surface area contributed by atoms with Crippen molar-refractivity contribution in [3.05, 3.63) is 23.8 Å². The highest BCUT2D eigenvalue weighted by molar-refractivity contribution is 7.98. The van der Waals surface area contributed by atoms with Gasteiger partial charge in [-0.15, -0.1) is 0 Å². The minimum absolute atomic E-state index is 0.0622. The summed E-state index contributed by atoms with van der Waals surface area (Å²) in [6, 6.07) is 6.04. The number of fused-ring (bicyclic) bond motifs is 1. The molecule has 1 aromatic rings. The average Bonchev–Trinajstić information content (AvgIpc) is 2.53. The Labute approximate surface area is 100 Å². The Morgan fingerprint density at radius 3 is 2.81 bits per heavy atom. The van der Waals surface area contributed by atoms with E-state index in [1.54, 1.807) is 11.8 Å². The van der Waals surface area contributed by atoms with Gasteiger partial charge in [-0.1, -0.05) is 6.07 Å². The quantitative estimate of drug-likeness (QED) is 0.878. The number of thioether (sulfide) groups is 1. The largest absolute Gasteiger partial charge is 0.490 e. The second-order valence-electron chi connectivity index (χ2n) is 3.82. The van der Waals surface area contributed by atoms with Crippen LogP contribution in [0.1, 0.15) is 18.0 Å². The molecule has 0 saturated heterocycles. The summed E-state index contributed by atoms with van der Waals surface area (Å²) < 4.78 is 11.2. The lowest BCUT2D eigenvalue weighted by molar-refractivity contribution is 0.297. The van der Waals surface area contributed by atoms with Crippen LogP contribution in [0.4, 0.5) is 0 Å². The highest BCUT2D eigenvalue weighted by Crippen LogP contribution is 2.32. The third-order valence-electron chi connectivity index (χ3n) is 2.55. The van der Waals surface area contributed by atoms with Crippen LogP contribution in [0.15, 0.2) is 18.2 Å². The van der Waals surface area contributed by atoms with E-state index in [1.807, 2.05) is 18.2 Å². The molecular weight excluding hydrogens is 222 g/mol. The third-order valence-corrected chi connectivity index (χ3v) is 3.24. The molecular formula is C12H17NO2S. The molecule has 1 aromatic carbocycles. The Bertz CT molecular complexity index is 357. The zero-order valence-electron chi connectivity index (χ0n) is 9.44. The Hall–Kier alpha value is -0.870. The van der Waals surface area contributed by atoms with Gasteiger partial charge in [-0.05, 0) is 24.0 Å². The zero-order valence-corrected chi connectivity index (χ0v) is 10.3. The fourth-order valence-electron chi connectivity index (χ4n) is 1.69. The number of benzene rings is 1. The first-order valence-electron chi connectivity index (χ1n) is 5.45. The fraction of sp³-hybridized carbons (Fsp3) is 0.500. The van der Waals surface area contributed by atoms with Crippen LogP contribution in [-0.4, -0.2) is 25.2 Å². The van der Waals surface area contributed by atoms with Crippen LogP contribution < -0.4 is 15.2 Å². The van der Waals surface area contributed by atoms with E-state index in [1.165, 1.54) is 0 Å². The van der Waals surface area contributed by atoms with Crippen molar-refractivity contribution in [2.45, 2.75) is 12.5 Å². The van der Waals surface area contributed by atoms with Crippen molar-refractivity contribution in [2.75, 3.05) is 25.2 Å². The zero-order chi connectivity index (χ0) is 11.4. The highest BCUT2D eigenvalue weighted by Gasteiger charge is 2.13. The predicted molar refractivity (Wildman–Crippen MR) is 67.4 cm³/mol. The minimum Gasteiger partial charge on any atom is -0.490 e. The normalized spacial score (nSPS) is 16.6. The molecule has 0 spiro atoms. The molecule has 2 rings (SSSR count). The molecule has 88 valence electrons. The van der Waals surface area contributed by atoms with Crippen LogP contribution in [0, 0.1) is 0 Å². The Kier molecular flexibility index (Phi) is 3.96. The Morgan fingerprint density at radius 1 is 1.31 bits per heavy atom. The number of hydrogen-bond acceptors (Lipinski definition) is 4. The van der Waals surface area contributed by atoms with Crippen molar-refractivity contribution in [1.82, 2.24) is 0 Å². The molecule has 1 aliphatic heterocycles. The van der Waals surface area contributed by atoms with Gasteiger partial charge in [-0.3, -0.25) is 0 Å². The molecule has 2 N–H and O–H groups in total. The number of nitrogens with two attached hydrogens (primary N) is 1. The molecule has 0 amide bonds. The van der Waals surface area contributed by atoms with Gasteiger partial charge in [0.2, 0.25) is 0 Å². The van der Waals surface area contributed by atoms with Crippen molar-refractivity contribution in [3.63, 3.8) is 0 Å². The van der Waals surface area contributed by atoms with Crippen LogP contribution in [0.3, 0.4) is 0 Å². The van der Waals surface area contributed by atoms with Crippen LogP contribution in [-0.2, 0) is 0 Å². The smallest absolute Gasteiger partial charge is 0.161 e. The molecule has 0 aliphatic carbocycles. The van der Waals surface area contributed by atoms with E-state index < -0.39 is 0 Å². The second kappa shape index (κ2) is 5.46. The lowest BCUT2D eigenvalue weighted by Gasteiger charge is -2.13. The van der Waals surface area contributed by atoms with Crippen LogP contribution in [0.2, 0.25) is 0 Å². The lowest BCUT2D eigenvalue weighted by atomic mass is 10.1. The van der Waals surface area contributed by atoms with Crippen molar-refractivity contribution in [3.8, 4) is 11.5 Å². The molecule has 0 radical (unpaired) electrons. The molecule has 0 aromatic heterocycles.